The van der Waals surface area contributed by atoms with Crippen LogP contribution in [0.1, 0.15) is 11.1 Å². The second-order valence-corrected chi connectivity index (χ2v) is 19.9. The standard InChI is InChI=1S/C69H42F3N5/c1-42-35-43(37-44(36-42)69(70,71)72)47-27-17-33-61(76-59-31-15-11-25-50(59)54-38-52-48-23-9-13-29-57(48)74(63(52)40-65(54)76)45-19-5-3-6-20-45)67(47)68-56(73-2)28-18-34-62(68)77-60-32-16-12-26-51(60)55-39-53-49-24-10-14-30-58(49)75(64(53)41-66(55)77)46-21-7-4-8-22-46/h3-41H,1H3. The monoisotopic (exact) mass is 997 g/mol. The first-order valence-electron chi connectivity index (χ1n) is 25.6. The molecule has 0 unspecified atom stereocenters. The molecule has 4 heterocycles. The zero-order valence-electron chi connectivity index (χ0n) is 41.4. The van der Waals surface area contributed by atoms with Crippen molar-refractivity contribution < 1.29 is 13.2 Å². The van der Waals surface area contributed by atoms with Crippen LogP contribution in [0.2, 0.25) is 0 Å². The van der Waals surface area contributed by atoms with Gasteiger partial charge in [0.15, 0.2) is 5.69 Å². The Morgan fingerprint density at radius 2 is 0.753 bits per heavy atom. The largest absolute Gasteiger partial charge is 0.416 e. The van der Waals surface area contributed by atoms with Crippen LogP contribution in [0, 0.1) is 13.5 Å². The zero-order chi connectivity index (χ0) is 51.7. The lowest BCUT2D eigenvalue weighted by molar-refractivity contribution is -0.137. The fourth-order valence-electron chi connectivity index (χ4n) is 12.5. The van der Waals surface area contributed by atoms with Gasteiger partial charge in [-0.05, 0) is 121 Å². The summed E-state index contributed by atoms with van der Waals surface area (Å²) < 4.78 is 54.2. The summed E-state index contributed by atoms with van der Waals surface area (Å²) in [5.74, 6) is 0. The highest BCUT2D eigenvalue weighted by molar-refractivity contribution is 6.21. The lowest BCUT2D eigenvalue weighted by Gasteiger charge is -2.23. The van der Waals surface area contributed by atoms with Gasteiger partial charge >= 0.3 is 6.18 Å². The lowest BCUT2D eigenvalue weighted by Crippen LogP contribution is -2.06. The second kappa shape index (κ2) is 16.7. The first-order valence-corrected chi connectivity index (χ1v) is 25.6. The highest BCUT2D eigenvalue weighted by Crippen LogP contribution is 2.50. The number of alkyl halides is 3. The molecule has 0 amide bonds. The second-order valence-electron chi connectivity index (χ2n) is 19.9. The number of rotatable bonds is 6. The van der Waals surface area contributed by atoms with Gasteiger partial charge in [-0.25, -0.2) is 4.85 Å². The highest BCUT2D eigenvalue weighted by atomic mass is 19.4. The van der Waals surface area contributed by atoms with E-state index in [-0.39, 0.29) is 0 Å². The van der Waals surface area contributed by atoms with Gasteiger partial charge in [0.1, 0.15) is 0 Å². The summed E-state index contributed by atoms with van der Waals surface area (Å²) in [5.41, 5.74) is 13.6. The van der Waals surface area contributed by atoms with Crippen molar-refractivity contribution in [3.63, 3.8) is 0 Å². The molecule has 0 aliphatic heterocycles. The summed E-state index contributed by atoms with van der Waals surface area (Å²) in [6.45, 7) is 10.7. The Hall–Kier alpha value is -10.1. The average molecular weight is 998 g/mol. The minimum absolute atomic E-state index is 0.359. The SMILES string of the molecule is [C-]#[N+]c1cccc(-n2c3ccccc3c3cc4c5ccccc5n(-c5ccccc5)c4cc32)c1-c1c(-c2cc(C)cc(C(F)(F)F)c2)cccc1-n1c2ccccc2c2cc3c4ccccc4n(-c4ccccc4)c3cc21. The molecule has 0 spiro atoms. The smallest absolute Gasteiger partial charge is 0.310 e. The number of benzene rings is 11. The molecule has 8 heteroatoms. The molecule has 0 saturated heterocycles. The van der Waals surface area contributed by atoms with Crippen LogP contribution >= 0.6 is 0 Å². The van der Waals surface area contributed by atoms with Gasteiger partial charge in [0.2, 0.25) is 0 Å². The lowest BCUT2D eigenvalue weighted by atomic mass is 9.89. The molecular weight excluding hydrogens is 956 g/mol. The highest BCUT2D eigenvalue weighted by Gasteiger charge is 2.32. The Balaban J connectivity index is 1.10. The van der Waals surface area contributed by atoms with E-state index >= 15 is 13.2 Å². The van der Waals surface area contributed by atoms with Crippen LogP contribution in [0.15, 0.2) is 237 Å². The fraction of sp³-hybridized carbons (Fsp3) is 0.0290. The topological polar surface area (TPSA) is 24.1 Å². The third kappa shape index (κ3) is 6.60. The zero-order valence-corrected chi connectivity index (χ0v) is 41.4. The minimum Gasteiger partial charge on any atom is -0.310 e. The number of para-hydroxylation sites is 6. The maximum Gasteiger partial charge on any atom is 0.416 e. The van der Waals surface area contributed by atoms with Gasteiger partial charge in [0.25, 0.3) is 0 Å². The summed E-state index contributed by atoms with van der Waals surface area (Å²) >= 11 is 0. The summed E-state index contributed by atoms with van der Waals surface area (Å²) in [5, 5.41) is 8.56. The van der Waals surface area contributed by atoms with Crippen LogP contribution < -0.4 is 0 Å². The summed E-state index contributed by atoms with van der Waals surface area (Å²) in [6, 6.07) is 79.5. The molecule has 0 aliphatic rings. The number of fused-ring (bicyclic) bond motifs is 12. The Kier molecular flexibility index (Phi) is 9.63. The number of nitrogens with zero attached hydrogens (tertiary/aromatic N) is 5. The molecule has 5 nitrogen and oxygen atoms in total. The number of halogens is 3. The van der Waals surface area contributed by atoms with E-state index in [1.807, 2.05) is 66.7 Å². The van der Waals surface area contributed by atoms with Gasteiger partial charge in [0.05, 0.1) is 62.0 Å². The molecule has 4 aromatic heterocycles. The molecule has 0 aliphatic carbocycles. The summed E-state index contributed by atoms with van der Waals surface area (Å²) in [7, 11) is 0. The molecule has 11 aromatic carbocycles. The van der Waals surface area contributed by atoms with Gasteiger partial charge in [-0.3, -0.25) is 0 Å². The van der Waals surface area contributed by atoms with Gasteiger partial charge in [-0.15, -0.1) is 0 Å². The molecule has 0 fully saturated rings. The molecule has 15 aromatic rings. The number of hydrogen-bond donors (Lipinski definition) is 0. The Morgan fingerprint density at radius 1 is 0.351 bits per heavy atom. The van der Waals surface area contributed by atoms with Crippen molar-refractivity contribution >= 4 is 92.9 Å². The number of hydrogen-bond acceptors (Lipinski definition) is 0. The average Bonchev–Trinajstić information content (AvgIpc) is 4.29. The first kappa shape index (κ1) is 44.4. The Labute approximate surface area is 439 Å². The van der Waals surface area contributed by atoms with E-state index < -0.39 is 11.7 Å². The van der Waals surface area contributed by atoms with Crippen molar-refractivity contribution in [1.29, 1.82) is 0 Å². The quantitative estimate of drug-likeness (QED) is 0.148. The molecular formula is C69H42F3N5. The van der Waals surface area contributed by atoms with Crippen LogP contribution in [-0.2, 0) is 6.18 Å². The van der Waals surface area contributed by atoms with Crippen molar-refractivity contribution in [2.45, 2.75) is 13.1 Å². The molecule has 0 saturated carbocycles. The minimum atomic E-state index is -4.61. The van der Waals surface area contributed by atoms with Crippen LogP contribution in [0.4, 0.5) is 18.9 Å². The van der Waals surface area contributed by atoms with E-state index in [4.69, 9.17) is 6.57 Å². The van der Waals surface area contributed by atoms with Crippen LogP contribution in [0.5, 0.6) is 0 Å². The Bertz CT molecular complexity index is 4990. The fourth-order valence-corrected chi connectivity index (χ4v) is 12.5. The maximum atomic E-state index is 15.0. The van der Waals surface area contributed by atoms with E-state index in [0.29, 0.717) is 33.5 Å². The molecule has 364 valence electrons. The normalized spacial score (nSPS) is 12.1. The Morgan fingerprint density at radius 3 is 1.21 bits per heavy atom. The van der Waals surface area contributed by atoms with Crippen molar-refractivity contribution in [1.82, 2.24) is 18.3 Å². The van der Waals surface area contributed by atoms with Crippen LogP contribution in [-0.4, -0.2) is 18.3 Å². The predicted octanol–water partition coefficient (Wildman–Crippen LogP) is 19.3. The first-order chi connectivity index (χ1) is 37.7. The van der Waals surface area contributed by atoms with E-state index in [2.05, 4.69) is 181 Å². The number of aryl methyl sites for hydroxylation is 1. The van der Waals surface area contributed by atoms with Crippen LogP contribution in [0.25, 0.3) is 137 Å². The molecule has 0 radical (unpaired) electrons. The van der Waals surface area contributed by atoms with E-state index in [0.717, 1.165) is 110 Å². The molecule has 0 bridgehead atoms. The van der Waals surface area contributed by atoms with Crippen molar-refractivity contribution in [3.8, 4) is 45.0 Å². The van der Waals surface area contributed by atoms with Gasteiger partial charge in [0, 0.05) is 71.3 Å². The van der Waals surface area contributed by atoms with Gasteiger partial charge in [-0.1, -0.05) is 140 Å². The molecule has 77 heavy (non-hydrogen) atoms. The van der Waals surface area contributed by atoms with E-state index in [9.17, 15) is 0 Å². The van der Waals surface area contributed by atoms with Gasteiger partial charge < -0.3 is 18.3 Å². The summed E-state index contributed by atoms with van der Waals surface area (Å²) in [4.78, 5) is 4.32. The van der Waals surface area contributed by atoms with Crippen LogP contribution in [0.3, 0.4) is 0 Å². The van der Waals surface area contributed by atoms with Crippen molar-refractivity contribution in [2.24, 2.45) is 0 Å². The van der Waals surface area contributed by atoms with E-state index in [1.54, 1.807) is 6.92 Å². The molecule has 0 N–H and O–H groups in total. The molecule has 0 atom stereocenters. The predicted molar refractivity (Wildman–Crippen MR) is 311 cm³/mol. The molecule has 15 rings (SSSR count). The third-order valence-corrected chi connectivity index (χ3v) is 15.6. The third-order valence-electron chi connectivity index (χ3n) is 15.6. The van der Waals surface area contributed by atoms with E-state index in [1.165, 1.54) is 12.1 Å². The van der Waals surface area contributed by atoms with Gasteiger partial charge in [-0.2, -0.15) is 13.2 Å². The maximum absolute atomic E-state index is 15.0. The number of aromatic nitrogens is 4. The van der Waals surface area contributed by atoms with Crippen molar-refractivity contribution in [3.05, 3.63) is 259 Å². The van der Waals surface area contributed by atoms with Crippen molar-refractivity contribution in [2.75, 3.05) is 0 Å². The summed E-state index contributed by atoms with van der Waals surface area (Å²) in [6.07, 6.45) is -4.61.